The molecule has 2 heterocycles. The first-order valence-corrected chi connectivity index (χ1v) is 6.59. The minimum absolute atomic E-state index is 0.0690. The number of nitrogens with zero attached hydrogens (tertiary/aromatic N) is 2. The van der Waals surface area contributed by atoms with E-state index in [2.05, 4.69) is 4.99 Å². The van der Waals surface area contributed by atoms with E-state index in [0.717, 1.165) is 12.0 Å². The molecule has 0 spiro atoms. The number of rotatable bonds is 2. The monoisotopic (exact) mass is 256 g/mol. The minimum Gasteiger partial charge on any atom is -0.276 e. The topological polar surface area (TPSA) is 49.7 Å². The Balaban J connectivity index is 2.18. The fourth-order valence-corrected chi connectivity index (χ4v) is 2.88. The van der Waals surface area contributed by atoms with Crippen molar-refractivity contribution in [3.63, 3.8) is 0 Å². The summed E-state index contributed by atoms with van der Waals surface area (Å²) < 4.78 is 0. The Bertz CT molecular complexity index is 620. The van der Waals surface area contributed by atoms with Crippen molar-refractivity contribution in [1.29, 1.82) is 0 Å². The van der Waals surface area contributed by atoms with Gasteiger partial charge in [-0.05, 0) is 18.9 Å². The Morgan fingerprint density at radius 2 is 1.89 bits per heavy atom. The molecule has 0 saturated carbocycles. The molecule has 2 aliphatic heterocycles. The number of amidine groups is 1. The Hall–Kier alpha value is -1.97. The zero-order valence-corrected chi connectivity index (χ0v) is 11.3. The summed E-state index contributed by atoms with van der Waals surface area (Å²) in [5.74, 6) is 0.274. The Morgan fingerprint density at radius 1 is 1.26 bits per heavy atom. The number of carbonyl (C=O) groups excluding carboxylic acids is 2. The number of carbonyl (C=O) groups is 2. The van der Waals surface area contributed by atoms with Crippen LogP contribution in [0.2, 0.25) is 0 Å². The second-order valence-corrected chi connectivity index (χ2v) is 5.38. The molecule has 19 heavy (non-hydrogen) atoms. The number of hydrogen-bond donors (Lipinski definition) is 0. The van der Waals surface area contributed by atoms with Crippen molar-refractivity contribution in [2.45, 2.75) is 32.7 Å². The summed E-state index contributed by atoms with van der Waals surface area (Å²) in [6, 6.07) is 7.34. The van der Waals surface area contributed by atoms with Gasteiger partial charge in [0.05, 0.1) is 5.56 Å². The molecule has 0 aromatic heterocycles. The van der Waals surface area contributed by atoms with Crippen LogP contribution in [-0.2, 0) is 4.79 Å². The molecule has 1 aromatic carbocycles. The van der Waals surface area contributed by atoms with Crippen molar-refractivity contribution in [1.82, 2.24) is 4.90 Å². The second kappa shape index (κ2) is 3.76. The molecule has 2 unspecified atom stereocenters. The van der Waals surface area contributed by atoms with E-state index in [0.29, 0.717) is 11.4 Å². The zero-order chi connectivity index (χ0) is 13.8. The number of amides is 2. The van der Waals surface area contributed by atoms with Crippen LogP contribution in [0.4, 0.5) is 0 Å². The lowest BCUT2D eigenvalue weighted by molar-refractivity contribution is -0.126. The SMILES string of the molecule is CCC(C)C1(C)C(=O)N=C2c3ccccc3C(=O)N21. The molecule has 0 N–H and O–H groups in total. The van der Waals surface area contributed by atoms with E-state index in [4.69, 9.17) is 0 Å². The summed E-state index contributed by atoms with van der Waals surface area (Å²) in [4.78, 5) is 30.6. The van der Waals surface area contributed by atoms with Crippen LogP contribution < -0.4 is 0 Å². The van der Waals surface area contributed by atoms with E-state index in [9.17, 15) is 9.59 Å². The average Bonchev–Trinajstić information content (AvgIpc) is 2.85. The standard InChI is InChI=1S/C15H16N2O2/c1-4-9(2)15(3)14(19)16-12-10-7-5-6-8-11(10)13(18)17(12)15/h5-9H,4H2,1-3H3. The second-order valence-electron chi connectivity index (χ2n) is 5.38. The van der Waals surface area contributed by atoms with E-state index in [1.165, 1.54) is 0 Å². The lowest BCUT2D eigenvalue weighted by Crippen LogP contribution is -2.54. The van der Waals surface area contributed by atoms with Crippen molar-refractivity contribution in [3.8, 4) is 0 Å². The lowest BCUT2D eigenvalue weighted by Gasteiger charge is -2.35. The quantitative estimate of drug-likeness (QED) is 0.814. The van der Waals surface area contributed by atoms with Crippen LogP contribution in [0.3, 0.4) is 0 Å². The van der Waals surface area contributed by atoms with Gasteiger partial charge in [-0.1, -0.05) is 38.5 Å². The molecule has 0 fully saturated rings. The molecule has 3 rings (SSSR count). The third-order valence-electron chi connectivity index (χ3n) is 4.49. The zero-order valence-electron chi connectivity index (χ0n) is 11.3. The molecule has 0 radical (unpaired) electrons. The van der Waals surface area contributed by atoms with E-state index in [-0.39, 0.29) is 17.7 Å². The molecule has 4 heteroatoms. The van der Waals surface area contributed by atoms with Crippen molar-refractivity contribution in [2.24, 2.45) is 10.9 Å². The van der Waals surface area contributed by atoms with Gasteiger partial charge in [-0.25, -0.2) is 0 Å². The molecule has 0 aliphatic carbocycles. The summed E-state index contributed by atoms with van der Waals surface area (Å²) in [6.45, 7) is 5.84. The summed E-state index contributed by atoms with van der Waals surface area (Å²) >= 11 is 0. The number of fused-ring (bicyclic) bond motifs is 3. The van der Waals surface area contributed by atoms with Gasteiger partial charge in [-0.15, -0.1) is 0 Å². The van der Waals surface area contributed by atoms with Crippen molar-refractivity contribution < 1.29 is 9.59 Å². The summed E-state index contributed by atoms with van der Waals surface area (Å²) in [6.07, 6.45) is 0.825. The van der Waals surface area contributed by atoms with Crippen LogP contribution in [0.15, 0.2) is 29.3 Å². The van der Waals surface area contributed by atoms with Gasteiger partial charge in [0.15, 0.2) is 0 Å². The van der Waals surface area contributed by atoms with Gasteiger partial charge in [0.25, 0.3) is 11.8 Å². The summed E-state index contributed by atoms with van der Waals surface area (Å²) in [5.41, 5.74) is 0.566. The molecule has 0 saturated heterocycles. The van der Waals surface area contributed by atoms with Crippen LogP contribution in [0.1, 0.15) is 43.1 Å². The van der Waals surface area contributed by atoms with Crippen LogP contribution in [-0.4, -0.2) is 28.1 Å². The van der Waals surface area contributed by atoms with Crippen molar-refractivity contribution in [3.05, 3.63) is 35.4 Å². The fraction of sp³-hybridized carbons (Fsp3) is 0.400. The van der Waals surface area contributed by atoms with Crippen molar-refractivity contribution >= 4 is 17.6 Å². The molecule has 4 nitrogen and oxygen atoms in total. The average molecular weight is 256 g/mol. The highest BCUT2D eigenvalue weighted by Crippen LogP contribution is 2.40. The highest BCUT2D eigenvalue weighted by molar-refractivity contribution is 6.30. The van der Waals surface area contributed by atoms with Gasteiger partial charge < -0.3 is 0 Å². The molecule has 2 atom stereocenters. The van der Waals surface area contributed by atoms with E-state index in [1.807, 2.05) is 39.0 Å². The first-order valence-electron chi connectivity index (χ1n) is 6.59. The van der Waals surface area contributed by atoms with Gasteiger partial charge in [0.1, 0.15) is 11.4 Å². The van der Waals surface area contributed by atoms with Crippen LogP contribution in [0, 0.1) is 5.92 Å². The van der Waals surface area contributed by atoms with Crippen molar-refractivity contribution in [2.75, 3.05) is 0 Å². The molecule has 1 aromatic rings. The number of hydrogen-bond acceptors (Lipinski definition) is 2. The van der Waals surface area contributed by atoms with Gasteiger partial charge >= 0.3 is 0 Å². The summed E-state index contributed by atoms with van der Waals surface area (Å²) in [7, 11) is 0. The molecule has 98 valence electrons. The maximum atomic E-state index is 12.6. The van der Waals surface area contributed by atoms with E-state index >= 15 is 0 Å². The number of benzene rings is 1. The third kappa shape index (κ3) is 1.31. The Kier molecular flexibility index (Phi) is 2.39. The maximum absolute atomic E-state index is 12.6. The summed E-state index contributed by atoms with van der Waals surface area (Å²) in [5, 5.41) is 0. The smallest absolute Gasteiger partial charge is 0.274 e. The molecular formula is C15H16N2O2. The van der Waals surface area contributed by atoms with Gasteiger partial charge in [-0.2, -0.15) is 4.99 Å². The lowest BCUT2D eigenvalue weighted by atomic mass is 9.83. The molecule has 0 bridgehead atoms. The maximum Gasteiger partial charge on any atom is 0.274 e. The first kappa shape index (κ1) is 12.1. The molecular weight excluding hydrogens is 240 g/mol. The highest BCUT2D eigenvalue weighted by Gasteiger charge is 2.56. The van der Waals surface area contributed by atoms with E-state index in [1.54, 1.807) is 11.0 Å². The Morgan fingerprint density at radius 3 is 2.53 bits per heavy atom. The van der Waals surface area contributed by atoms with E-state index < -0.39 is 5.54 Å². The van der Waals surface area contributed by atoms with Crippen LogP contribution >= 0.6 is 0 Å². The van der Waals surface area contributed by atoms with Crippen LogP contribution in [0.5, 0.6) is 0 Å². The first-order chi connectivity index (χ1) is 9.01. The van der Waals surface area contributed by atoms with Gasteiger partial charge in [0, 0.05) is 5.56 Å². The number of aliphatic imine (C=N–C) groups is 1. The Labute approximate surface area is 112 Å². The van der Waals surface area contributed by atoms with Gasteiger partial charge in [-0.3, -0.25) is 14.5 Å². The molecule has 2 amide bonds. The van der Waals surface area contributed by atoms with Gasteiger partial charge in [0.2, 0.25) is 0 Å². The third-order valence-corrected chi connectivity index (χ3v) is 4.49. The highest BCUT2D eigenvalue weighted by atomic mass is 16.2. The fourth-order valence-electron chi connectivity index (χ4n) is 2.88. The largest absolute Gasteiger partial charge is 0.276 e. The van der Waals surface area contributed by atoms with Crippen LogP contribution in [0.25, 0.3) is 0 Å². The molecule has 2 aliphatic rings. The minimum atomic E-state index is -0.847. The normalized spacial score (nSPS) is 26.3. The predicted octanol–water partition coefficient (Wildman–Crippen LogP) is 2.23. The predicted molar refractivity (Wildman–Crippen MR) is 72.0 cm³/mol.